The van der Waals surface area contributed by atoms with Crippen molar-refractivity contribution in [3.63, 3.8) is 0 Å². The van der Waals surface area contributed by atoms with Crippen molar-refractivity contribution in [2.24, 2.45) is 0 Å². The average molecular weight is 364 g/mol. The van der Waals surface area contributed by atoms with Gasteiger partial charge in [-0.05, 0) is 38.9 Å². The van der Waals surface area contributed by atoms with Crippen LogP contribution in [0, 0.1) is 0 Å². The van der Waals surface area contributed by atoms with E-state index in [-0.39, 0.29) is 11.6 Å². The van der Waals surface area contributed by atoms with Gasteiger partial charge in [-0.25, -0.2) is 9.59 Å². The second-order valence-corrected chi connectivity index (χ2v) is 13.1. The second-order valence-electron chi connectivity index (χ2n) is 8.29. The molecule has 0 saturated heterocycles. The number of nitrogens with one attached hydrogen (secondary N) is 1. The summed E-state index contributed by atoms with van der Waals surface area (Å²) in [7, 11) is -0.905. The molecule has 24 heavy (non-hydrogen) atoms. The van der Waals surface area contributed by atoms with Gasteiger partial charge in [-0.1, -0.05) is 20.8 Å². The van der Waals surface area contributed by atoms with Gasteiger partial charge >= 0.3 is 12.1 Å². The average Bonchev–Trinajstić information content (AvgIpc) is 2.38. The highest BCUT2D eigenvalue weighted by atomic mass is 28.4. The fourth-order valence-electron chi connectivity index (χ4n) is 1.48. The molecule has 2 atom stereocenters. The number of aliphatic hydroxyl groups is 1. The number of esters is 1. The maximum Gasteiger partial charge on any atom is 0.408 e. The van der Waals surface area contributed by atoms with E-state index >= 15 is 0 Å². The number of rotatable bonds is 6. The Morgan fingerprint density at radius 2 is 1.62 bits per heavy atom. The van der Waals surface area contributed by atoms with Gasteiger partial charge in [0.1, 0.15) is 11.7 Å². The van der Waals surface area contributed by atoms with Crippen LogP contribution in [-0.4, -0.2) is 57.0 Å². The van der Waals surface area contributed by atoms with Gasteiger partial charge in [0.15, 0.2) is 14.4 Å². The zero-order valence-electron chi connectivity index (χ0n) is 16.4. The van der Waals surface area contributed by atoms with Gasteiger partial charge < -0.3 is 24.3 Å². The lowest BCUT2D eigenvalue weighted by atomic mass is 10.1. The number of ether oxygens (including phenoxy) is 2. The monoisotopic (exact) mass is 363 g/mol. The molecule has 0 aliphatic rings. The van der Waals surface area contributed by atoms with Crippen LogP contribution < -0.4 is 5.32 Å². The predicted molar refractivity (Wildman–Crippen MR) is 94.3 cm³/mol. The molecule has 0 heterocycles. The SMILES string of the molecule is COC(=O)[C@@H](NC(=O)OC(C)(C)C)[C@@H](O)CO[Si](C)(C)C(C)(C)C. The Labute approximate surface area is 146 Å². The number of aliphatic hydroxyl groups excluding tert-OH is 1. The van der Waals surface area contributed by atoms with Gasteiger partial charge in [-0.15, -0.1) is 0 Å². The molecule has 0 fully saturated rings. The zero-order chi connectivity index (χ0) is 19.3. The standard InChI is InChI=1S/C16H33NO6Si/c1-15(2,3)23-14(20)17-12(13(19)21-7)11(18)10-22-24(8,9)16(4,5)6/h11-12,18H,10H2,1-9H3,(H,17,20)/t11-,12-/m0/s1. The Morgan fingerprint density at radius 1 is 1.12 bits per heavy atom. The number of hydrogen-bond acceptors (Lipinski definition) is 6. The third-order valence-electron chi connectivity index (χ3n) is 3.93. The molecule has 0 spiro atoms. The van der Waals surface area contributed by atoms with Crippen molar-refractivity contribution in [1.29, 1.82) is 0 Å². The van der Waals surface area contributed by atoms with E-state index in [9.17, 15) is 14.7 Å². The molecule has 142 valence electrons. The minimum atomic E-state index is -2.09. The van der Waals surface area contributed by atoms with Crippen LogP contribution in [0.25, 0.3) is 0 Å². The number of alkyl carbamates (subject to hydrolysis) is 1. The van der Waals surface area contributed by atoms with Gasteiger partial charge in [0.05, 0.1) is 13.7 Å². The molecule has 0 bridgehead atoms. The first kappa shape index (κ1) is 22.9. The molecule has 0 aromatic carbocycles. The van der Waals surface area contributed by atoms with E-state index in [4.69, 9.17) is 9.16 Å². The van der Waals surface area contributed by atoms with Crippen LogP contribution in [0.15, 0.2) is 0 Å². The van der Waals surface area contributed by atoms with Crippen molar-refractivity contribution in [3.05, 3.63) is 0 Å². The quantitative estimate of drug-likeness (QED) is 0.556. The summed E-state index contributed by atoms with van der Waals surface area (Å²) in [5.41, 5.74) is -0.715. The highest BCUT2D eigenvalue weighted by molar-refractivity contribution is 6.74. The molecule has 0 unspecified atom stereocenters. The van der Waals surface area contributed by atoms with Gasteiger partial charge in [-0.3, -0.25) is 0 Å². The fourth-order valence-corrected chi connectivity index (χ4v) is 2.50. The van der Waals surface area contributed by atoms with Crippen molar-refractivity contribution in [1.82, 2.24) is 5.32 Å². The highest BCUT2D eigenvalue weighted by Crippen LogP contribution is 2.36. The first-order chi connectivity index (χ1) is 10.6. The van der Waals surface area contributed by atoms with Gasteiger partial charge in [0.25, 0.3) is 0 Å². The lowest BCUT2D eigenvalue weighted by Crippen LogP contribution is -2.53. The summed E-state index contributed by atoms with van der Waals surface area (Å²) in [5, 5.41) is 12.6. The molecule has 2 N–H and O–H groups in total. The van der Waals surface area contributed by atoms with Gasteiger partial charge in [0.2, 0.25) is 0 Å². The van der Waals surface area contributed by atoms with Crippen LogP contribution >= 0.6 is 0 Å². The number of methoxy groups -OCH3 is 1. The third kappa shape index (κ3) is 7.63. The lowest BCUT2D eigenvalue weighted by Gasteiger charge is -2.37. The highest BCUT2D eigenvalue weighted by Gasteiger charge is 2.39. The van der Waals surface area contributed by atoms with Crippen LogP contribution in [0.5, 0.6) is 0 Å². The van der Waals surface area contributed by atoms with Gasteiger partial charge in [0, 0.05) is 0 Å². The van der Waals surface area contributed by atoms with Crippen molar-refractivity contribution in [3.8, 4) is 0 Å². The summed E-state index contributed by atoms with van der Waals surface area (Å²) in [6.07, 6.45) is -2.04. The van der Waals surface area contributed by atoms with Crippen molar-refractivity contribution < 1.29 is 28.6 Å². The van der Waals surface area contributed by atoms with Crippen molar-refractivity contribution in [2.75, 3.05) is 13.7 Å². The Kier molecular flexibility index (Phi) is 7.92. The van der Waals surface area contributed by atoms with E-state index < -0.39 is 38.1 Å². The number of carbonyl (C=O) groups excluding carboxylic acids is 2. The maximum atomic E-state index is 11.9. The minimum absolute atomic E-state index is 0.0356. The first-order valence-electron chi connectivity index (χ1n) is 8.00. The fraction of sp³-hybridized carbons (Fsp3) is 0.875. The second kappa shape index (κ2) is 8.31. The molecule has 7 nitrogen and oxygen atoms in total. The Hall–Kier alpha value is -1.12. The Morgan fingerprint density at radius 3 is 2.00 bits per heavy atom. The topological polar surface area (TPSA) is 94.1 Å². The van der Waals surface area contributed by atoms with E-state index in [1.54, 1.807) is 20.8 Å². The summed E-state index contributed by atoms with van der Waals surface area (Å²) in [4.78, 5) is 23.7. The van der Waals surface area contributed by atoms with Crippen molar-refractivity contribution >= 4 is 20.4 Å². The maximum absolute atomic E-state index is 11.9. The molecule has 0 saturated carbocycles. The van der Waals surface area contributed by atoms with Crippen LogP contribution in [-0.2, 0) is 18.7 Å². The first-order valence-corrected chi connectivity index (χ1v) is 10.9. The number of amides is 1. The molecule has 0 aliphatic heterocycles. The molecular weight excluding hydrogens is 330 g/mol. The van der Waals surface area contributed by atoms with E-state index in [2.05, 4.69) is 30.8 Å². The van der Waals surface area contributed by atoms with Crippen LogP contribution in [0.2, 0.25) is 18.1 Å². The minimum Gasteiger partial charge on any atom is -0.467 e. The lowest BCUT2D eigenvalue weighted by molar-refractivity contribution is -0.146. The molecule has 0 radical (unpaired) electrons. The molecule has 0 aliphatic carbocycles. The normalized spacial score (nSPS) is 15.4. The van der Waals surface area contributed by atoms with Crippen LogP contribution in [0.4, 0.5) is 4.79 Å². The summed E-state index contributed by atoms with van der Waals surface area (Å²) >= 11 is 0. The zero-order valence-corrected chi connectivity index (χ0v) is 17.4. The molecule has 0 aromatic heterocycles. The molecular formula is C16H33NO6Si. The molecule has 1 amide bonds. The summed E-state index contributed by atoms with van der Waals surface area (Å²) in [6.45, 7) is 15.3. The van der Waals surface area contributed by atoms with Crippen LogP contribution in [0.3, 0.4) is 0 Å². The molecule has 0 rings (SSSR count). The molecule has 8 heteroatoms. The van der Waals surface area contributed by atoms with E-state index in [0.29, 0.717) is 0 Å². The smallest absolute Gasteiger partial charge is 0.408 e. The largest absolute Gasteiger partial charge is 0.467 e. The van der Waals surface area contributed by atoms with Crippen molar-refractivity contribution in [2.45, 2.75) is 77.4 Å². The summed E-state index contributed by atoms with van der Waals surface area (Å²) < 4.78 is 15.7. The summed E-state index contributed by atoms with van der Waals surface area (Å²) in [6, 6.07) is -1.25. The predicted octanol–water partition coefficient (Wildman–Crippen LogP) is 2.44. The van der Waals surface area contributed by atoms with E-state index in [0.717, 1.165) is 0 Å². The number of hydrogen-bond donors (Lipinski definition) is 2. The van der Waals surface area contributed by atoms with Crippen LogP contribution in [0.1, 0.15) is 41.5 Å². The van der Waals surface area contributed by atoms with Gasteiger partial charge in [-0.2, -0.15) is 0 Å². The Bertz CT molecular complexity index is 439. The Balaban J connectivity index is 4.94. The van der Waals surface area contributed by atoms with E-state index in [1.807, 2.05) is 13.1 Å². The third-order valence-corrected chi connectivity index (χ3v) is 8.43. The number of carbonyl (C=O) groups is 2. The summed E-state index contributed by atoms with van der Waals surface area (Å²) in [5.74, 6) is -0.757. The molecule has 0 aromatic rings. The van der Waals surface area contributed by atoms with E-state index in [1.165, 1.54) is 7.11 Å².